The van der Waals surface area contributed by atoms with Gasteiger partial charge in [0, 0.05) is 17.7 Å². The van der Waals surface area contributed by atoms with Crippen LogP contribution >= 0.6 is 11.6 Å². The number of ether oxygens (including phenoxy) is 1. The standard InChI is InChI=1S/C18H18ClN3O4/c1-3-12(2)26-17-9-4-13(10-16(17)19)11-20-21-18(23)14-5-7-15(8-6-14)22(24)25/h4-12H,3H2,1-2H3,(H,21,23)/b20-11-/t12-/m1/s1. The van der Waals surface area contributed by atoms with Crippen LogP contribution in [0.15, 0.2) is 47.6 Å². The molecular formula is C18H18ClN3O4. The third-order valence-electron chi connectivity index (χ3n) is 3.58. The number of hydrogen-bond donors (Lipinski definition) is 1. The zero-order valence-corrected chi connectivity index (χ0v) is 15.1. The van der Waals surface area contributed by atoms with Gasteiger partial charge in [-0.3, -0.25) is 14.9 Å². The lowest BCUT2D eigenvalue weighted by Gasteiger charge is -2.13. The molecule has 2 aromatic rings. The number of nitro groups is 1. The number of amides is 1. The molecule has 1 atom stereocenters. The molecule has 8 heteroatoms. The maximum Gasteiger partial charge on any atom is 0.271 e. The molecule has 2 rings (SSSR count). The minimum Gasteiger partial charge on any atom is -0.489 e. The van der Waals surface area contributed by atoms with Crippen molar-refractivity contribution >= 4 is 29.4 Å². The Bertz CT molecular complexity index is 822. The molecule has 0 aliphatic heterocycles. The molecule has 1 N–H and O–H groups in total. The molecule has 0 saturated heterocycles. The maximum absolute atomic E-state index is 12.0. The first-order valence-electron chi connectivity index (χ1n) is 7.94. The summed E-state index contributed by atoms with van der Waals surface area (Å²) in [5.41, 5.74) is 3.23. The predicted octanol–water partition coefficient (Wildman–Crippen LogP) is 4.19. The summed E-state index contributed by atoms with van der Waals surface area (Å²) in [5.74, 6) is 0.118. The van der Waals surface area contributed by atoms with Crippen molar-refractivity contribution in [3.05, 3.63) is 68.7 Å². The highest BCUT2D eigenvalue weighted by atomic mass is 35.5. The Morgan fingerprint density at radius 2 is 2.04 bits per heavy atom. The number of carbonyl (C=O) groups excluding carboxylic acids is 1. The van der Waals surface area contributed by atoms with Crippen molar-refractivity contribution in [1.29, 1.82) is 0 Å². The first-order valence-corrected chi connectivity index (χ1v) is 8.32. The molecule has 1 amide bonds. The van der Waals surface area contributed by atoms with Gasteiger partial charge < -0.3 is 4.74 Å². The molecule has 0 fully saturated rings. The number of hydrogen-bond acceptors (Lipinski definition) is 5. The molecule has 26 heavy (non-hydrogen) atoms. The van der Waals surface area contributed by atoms with Crippen molar-refractivity contribution in [2.45, 2.75) is 26.4 Å². The molecule has 0 aromatic heterocycles. The van der Waals surface area contributed by atoms with Crippen LogP contribution in [0.25, 0.3) is 0 Å². The van der Waals surface area contributed by atoms with Crippen molar-refractivity contribution < 1.29 is 14.5 Å². The fraction of sp³-hybridized carbons (Fsp3) is 0.222. The summed E-state index contributed by atoms with van der Waals surface area (Å²) < 4.78 is 5.68. The highest BCUT2D eigenvalue weighted by molar-refractivity contribution is 6.32. The number of rotatable bonds is 7. The SMILES string of the molecule is CC[C@@H](C)Oc1ccc(/C=N\NC(=O)c2ccc([N+](=O)[O-])cc2)cc1Cl. The molecule has 7 nitrogen and oxygen atoms in total. The Kier molecular flexibility index (Phi) is 6.68. The normalized spacial score (nSPS) is 12.0. The Morgan fingerprint density at radius 3 is 2.62 bits per heavy atom. The average molecular weight is 376 g/mol. The van der Waals surface area contributed by atoms with Gasteiger partial charge >= 0.3 is 0 Å². The van der Waals surface area contributed by atoms with Crippen LogP contribution in [0, 0.1) is 10.1 Å². The summed E-state index contributed by atoms with van der Waals surface area (Å²) in [7, 11) is 0. The molecule has 0 bridgehead atoms. The second-order valence-corrected chi connectivity index (χ2v) is 5.94. The van der Waals surface area contributed by atoms with Gasteiger partial charge in [-0.2, -0.15) is 5.10 Å². The Hall–Kier alpha value is -2.93. The first-order chi connectivity index (χ1) is 12.4. The average Bonchev–Trinajstić information content (AvgIpc) is 2.63. The smallest absolute Gasteiger partial charge is 0.271 e. The monoisotopic (exact) mass is 375 g/mol. The molecule has 136 valence electrons. The second kappa shape index (κ2) is 8.96. The molecule has 0 aliphatic carbocycles. The van der Waals surface area contributed by atoms with E-state index in [1.807, 2.05) is 13.8 Å². The first kappa shape index (κ1) is 19.4. The summed E-state index contributed by atoms with van der Waals surface area (Å²) in [6, 6.07) is 10.4. The molecular weight excluding hydrogens is 358 g/mol. The third-order valence-corrected chi connectivity index (χ3v) is 3.87. The van der Waals surface area contributed by atoms with Gasteiger partial charge in [-0.05, 0) is 49.2 Å². The van der Waals surface area contributed by atoms with E-state index in [9.17, 15) is 14.9 Å². The molecule has 2 aromatic carbocycles. The van der Waals surface area contributed by atoms with Gasteiger partial charge in [-0.1, -0.05) is 18.5 Å². The van der Waals surface area contributed by atoms with Gasteiger partial charge in [0.15, 0.2) is 0 Å². The Morgan fingerprint density at radius 1 is 1.35 bits per heavy atom. The summed E-state index contributed by atoms with van der Waals surface area (Å²) in [5, 5.41) is 14.9. The number of halogens is 1. The molecule has 0 aliphatic rings. The van der Waals surface area contributed by atoms with E-state index in [4.69, 9.17) is 16.3 Å². The van der Waals surface area contributed by atoms with E-state index in [-0.39, 0.29) is 17.4 Å². The fourth-order valence-corrected chi connectivity index (χ4v) is 2.19. The zero-order valence-electron chi connectivity index (χ0n) is 14.3. The van der Waals surface area contributed by atoms with Crippen LogP contribution in [-0.2, 0) is 0 Å². The fourth-order valence-electron chi connectivity index (χ4n) is 1.96. The van der Waals surface area contributed by atoms with Crippen LogP contribution in [0.3, 0.4) is 0 Å². The van der Waals surface area contributed by atoms with Crippen LogP contribution in [0.4, 0.5) is 5.69 Å². The Labute approximate surface area is 155 Å². The summed E-state index contributed by atoms with van der Waals surface area (Å²) in [4.78, 5) is 22.0. The predicted molar refractivity (Wildman–Crippen MR) is 100.0 cm³/mol. The molecule has 0 unspecified atom stereocenters. The van der Waals surface area contributed by atoms with Gasteiger partial charge in [0.1, 0.15) is 5.75 Å². The van der Waals surface area contributed by atoms with Crippen molar-refractivity contribution in [1.82, 2.24) is 5.43 Å². The minimum absolute atomic E-state index is 0.0630. The van der Waals surface area contributed by atoms with Gasteiger partial charge in [-0.15, -0.1) is 0 Å². The minimum atomic E-state index is -0.530. The number of hydrazone groups is 1. The number of non-ortho nitro benzene ring substituents is 1. The zero-order chi connectivity index (χ0) is 19.1. The molecule has 0 radical (unpaired) electrons. The van der Waals surface area contributed by atoms with E-state index in [0.717, 1.165) is 6.42 Å². The van der Waals surface area contributed by atoms with Crippen LogP contribution in [0.5, 0.6) is 5.75 Å². The number of benzene rings is 2. The second-order valence-electron chi connectivity index (χ2n) is 5.53. The van der Waals surface area contributed by atoms with Gasteiger partial charge in [0.05, 0.1) is 22.3 Å². The van der Waals surface area contributed by atoms with E-state index >= 15 is 0 Å². The lowest BCUT2D eigenvalue weighted by Crippen LogP contribution is -2.17. The Balaban J connectivity index is 1.98. The van der Waals surface area contributed by atoms with Crippen molar-refractivity contribution in [2.24, 2.45) is 5.10 Å². The van der Waals surface area contributed by atoms with Gasteiger partial charge in [0.25, 0.3) is 11.6 Å². The van der Waals surface area contributed by atoms with E-state index in [2.05, 4.69) is 10.5 Å². The quantitative estimate of drug-likeness (QED) is 0.446. The van der Waals surface area contributed by atoms with E-state index in [0.29, 0.717) is 16.3 Å². The lowest BCUT2D eigenvalue weighted by molar-refractivity contribution is -0.384. The number of nitro benzene ring substituents is 1. The summed E-state index contributed by atoms with van der Waals surface area (Å²) >= 11 is 6.18. The number of nitrogens with zero attached hydrogens (tertiary/aromatic N) is 2. The molecule has 0 saturated carbocycles. The lowest BCUT2D eigenvalue weighted by atomic mass is 10.2. The summed E-state index contributed by atoms with van der Waals surface area (Å²) in [6.07, 6.45) is 2.38. The van der Waals surface area contributed by atoms with E-state index in [1.165, 1.54) is 30.5 Å². The van der Waals surface area contributed by atoms with Crippen LogP contribution in [0.1, 0.15) is 36.2 Å². The largest absolute Gasteiger partial charge is 0.489 e. The highest BCUT2D eigenvalue weighted by Gasteiger charge is 2.09. The molecule has 0 heterocycles. The topological polar surface area (TPSA) is 93.8 Å². The van der Waals surface area contributed by atoms with Crippen LogP contribution in [0.2, 0.25) is 5.02 Å². The van der Waals surface area contributed by atoms with Crippen LogP contribution in [-0.4, -0.2) is 23.1 Å². The van der Waals surface area contributed by atoms with Crippen molar-refractivity contribution in [3.8, 4) is 5.75 Å². The number of carbonyl (C=O) groups is 1. The number of nitrogens with one attached hydrogen (secondary N) is 1. The van der Waals surface area contributed by atoms with Crippen molar-refractivity contribution in [2.75, 3.05) is 0 Å². The summed E-state index contributed by atoms with van der Waals surface area (Å²) in [6.45, 7) is 3.98. The van der Waals surface area contributed by atoms with E-state index in [1.54, 1.807) is 18.2 Å². The van der Waals surface area contributed by atoms with E-state index < -0.39 is 10.8 Å². The highest BCUT2D eigenvalue weighted by Crippen LogP contribution is 2.26. The van der Waals surface area contributed by atoms with Crippen molar-refractivity contribution in [3.63, 3.8) is 0 Å². The van der Waals surface area contributed by atoms with Gasteiger partial charge in [0.2, 0.25) is 0 Å². The maximum atomic E-state index is 12.0. The van der Waals surface area contributed by atoms with Gasteiger partial charge in [-0.25, -0.2) is 5.43 Å². The molecule has 0 spiro atoms. The van der Waals surface area contributed by atoms with Crippen LogP contribution < -0.4 is 10.2 Å². The third kappa shape index (κ3) is 5.29.